The standard InChI is InChI=1S/C78H152O17P2/c1-8-11-12-13-14-28-38-45-52-59-75(80)88-65-74(95-78(83)62-55-48-41-34-33-37-44-51-58-71(7)10-3)68-93-97(86,87)91-64-72(79)63-90-96(84,85)92-67-73(66-89-76(81)60-53-46-39-31-27-23-24-29-35-42-49-56-69(4)5)94-77(82)61-54-47-40-32-26-22-20-18-16-15-17-19-21-25-30-36-43-50-57-70(6)9-2/h69-74,79H,8-68H2,1-7H3,(H,84,85)(H,86,87)/t70?,71?,72-,73-,74-/m1/s1. The number of phosphoric ester groups is 2. The van der Waals surface area contributed by atoms with Gasteiger partial charge in [0, 0.05) is 25.7 Å². The molecule has 0 saturated heterocycles. The summed E-state index contributed by atoms with van der Waals surface area (Å²) in [6, 6.07) is 0. The van der Waals surface area contributed by atoms with Crippen molar-refractivity contribution in [1.82, 2.24) is 0 Å². The Balaban J connectivity index is 5.19. The van der Waals surface area contributed by atoms with Gasteiger partial charge in [0.05, 0.1) is 26.4 Å². The molecule has 4 unspecified atom stereocenters. The fourth-order valence-corrected chi connectivity index (χ4v) is 13.5. The van der Waals surface area contributed by atoms with E-state index in [9.17, 15) is 43.2 Å². The Morgan fingerprint density at radius 3 is 0.784 bits per heavy atom. The Labute approximate surface area is 594 Å². The van der Waals surface area contributed by atoms with Crippen LogP contribution in [0.5, 0.6) is 0 Å². The van der Waals surface area contributed by atoms with Gasteiger partial charge in [-0.05, 0) is 43.4 Å². The molecule has 7 atom stereocenters. The van der Waals surface area contributed by atoms with Crippen LogP contribution in [0.2, 0.25) is 0 Å². The number of phosphoric acid groups is 2. The molecule has 19 heteroatoms. The molecule has 0 rings (SSSR count). The molecule has 0 heterocycles. The molecule has 0 aromatic rings. The third-order valence-electron chi connectivity index (χ3n) is 18.9. The third kappa shape index (κ3) is 69.5. The molecule has 0 saturated carbocycles. The van der Waals surface area contributed by atoms with Crippen LogP contribution in [0, 0.1) is 17.8 Å². The zero-order valence-corrected chi connectivity index (χ0v) is 65.3. The highest BCUT2D eigenvalue weighted by Crippen LogP contribution is 2.45. The second-order valence-corrected chi connectivity index (χ2v) is 32.0. The van der Waals surface area contributed by atoms with E-state index in [0.717, 1.165) is 108 Å². The lowest BCUT2D eigenvalue weighted by Crippen LogP contribution is -2.30. The van der Waals surface area contributed by atoms with Crippen LogP contribution in [0.4, 0.5) is 0 Å². The molecule has 3 N–H and O–H groups in total. The van der Waals surface area contributed by atoms with E-state index >= 15 is 0 Å². The normalized spacial score (nSPS) is 14.6. The molecule has 576 valence electrons. The first kappa shape index (κ1) is 95.1. The first-order chi connectivity index (χ1) is 46.8. The summed E-state index contributed by atoms with van der Waals surface area (Å²) >= 11 is 0. The lowest BCUT2D eigenvalue weighted by Gasteiger charge is -2.21. The molecule has 0 aromatic carbocycles. The van der Waals surface area contributed by atoms with E-state index in [1.807, 2.05) is 0 Å². The minimum absolute atomic E-state index is 0.105. The molecule has 0 aliphatic carbocycles. The van der Waals surface area contributed by atoms with E-state index in [1.165, 1.54) is 212 Å². The number of ether oxygens (including phenoxy) is 4. The van der Waals surface area contributed by atoms with Gasteiger partial charge in [0.1, 0.15) is 19.3 Å². The second-order valence-electron chi connectivity index (χ2n) is 29.1. The minimum atomic E-state index is -4.96. The average Bonchev–Trinajstić information content (AvgIpc) is 2.63. The summed E-state index contributed by atoms with van der Waals surface area (Å²) in [7, 11) is -9.91. The Kier molecular flexibility index (Phi) is 67.1. The zero-order chi connectivity index (χ0) is 71.6. The number of aliphatic hydroxyl groups excluding tert-OH is 1. The molecular weight excluding hydrogens is 1270 g/mol. The van der Waals surface area contributed by atoms with E-state index in [4.69, 9.17) is 37.0 Å². The molecule has 0 aliphatic rings. The largest absolute Gasteiger partial charge is 0.472 e. The molecule has 0 amide bonds. The van der Waals surface area contributed by atoms with Crippen LogP contribution in [-0.4, -0.2) is 96.7 Å². The average molecular weight is 1420 g/mol. The second kappa shape index (κ2) is 68.5. The van der Waals surface area contributed by atoms with Crippen LogP contribution < -0.4 is 0 Å². The summed E-state index contributed by atoms with van der Waals surface area (Å²) < 4.78 is 68.5. The van der Waals surface area contributed by atoms with E-state index in [2.05, 4.69) is 48.5 Å². The van der Waals surface area contributed by atoms with Crippen LogP contribution in [0.15, 0.2) is 0 Å². The fraction of sp³-hybridized carbons (Fsp3) is 0.949. The van der Waals surface area contributed by atoms with Crippen molar-refractivity contribution in [3.05, 3.63) is 0 Å². The molecule has 0 aliphatic heterocycles. The van der Waals surface area contributed by atoms with Crippen molar-refractivity contribution >= 4 is 39.5 Å². The molecule has 0 fully saturated rings. The van der Waals surface area contributed by atoms with Crippen molar-refractivity contribution in [3.63, 3.8) is 0 Å². The van der Waals surface area contributed by atoms with Gasteiger partial charge in [0.25, 0.3) is 0 Å². The first-order valence-electron chi connectivity index (χ1n) is 40.4. The maximum absolute atomic E-state index is 13.1. The maximum Gasteiger partial charge on any atom is 0.472 e. The van der Waals surface area contributed by atoms with Crippen molar-refractivity contribution in [2.45, 2.75) is 420 Å². The van der Waals surface area contributed by atoms with E-state index in [-0.39, 0.29) is 25.7 Å². The Morgan fingerprint density at radius 1 is 0.299 bits per heavy atom. The van der Waals surface area contributed by atoms with Crippen molar-refractivity contribution < 1.29 is 80.2 Å². The molecular formula is C78H152O17P2. The number of aliphatic hydroxyl groups is 1. The maximum atomic E-state index is 13.1. The molecule has 0 bridgehead atoms. The summed E-state index contributed by atoms with van der Waals surface area (Å²) in [6.07, 6.45) is 55.5. The van der Waals surface area contributed by atoms with Gasteiger partial charge < -0.3 is 33.8 Å². The number of carbonyl (C=O) groups is 4. The summed E-state index contributed by atoms with van der Waals surface area (Å²) in [5.74, 6) is 0.294. The van der Waals surface area contributed by atoms with Crippen LogP contribution in [0.3, 0.4) is 0 Å². The van der Waals surface area contributed by atoms with Crippen LogP contribution in [0.1, 0.15) is 402 Å². The van der Waals surface area contributed by atoms with Gasteiger partial charge in [-0.15, -0.1) is 0 Å². The predicted molar refractivity (Wildman–Crippen MR) is 395 cm³/mol. The third-order valence-corrected chi connectivity index (χ3v) is 20.8. The Bertz CT molecular complexity index is 1890. The number of unbranched alkanes of at least 4 members (excludes halogenated alkanes) is 42. The quantitative estimate of drug-likeness (QED) is 0.0222. The van der Waals surface area contributed by atoms with Gasteiger partial charge in [-0.2, -0.15) is 0 Å². The van der Waals surface area contributed by atoms with Crippen LogP contribution in [0.25, 0.3) is 0 Å². The van der Waals surface area contributed by atoms with E-state index in [1.54, 1.807) is 0 Å². The van der Waals surface area contributed by atoms with Gasteiger partial charge in [-0.1, -0.05) is 350 Å². The van der Waals surface area contributed by atoms with Crippen LogP contribution >= 0.6 is 15.6 Å². The lowest BCUT2D eigenvalue weighted by molar-refractivity contribution is -0.161. The fourth-order valence-electron chi connectivity index (χ4n) is 11.9. The van der Waals surface area contributed by atoms with Gasteiger partial charge >= 0.3 is 39.5 Å². The van der Waals surface area contributed by atoms with Crippen molar-refractivity contribution in [1.29, 1.82) is 0 Å². The summed E-state index contributed by atoms with van der Waals surface area (Å²) in [5.41, 5.74) is 0. The molecule has 0 radical (unpaired) electrons. The topological polar surface area (TPSA) is 237 Å². The predicted octanol–water partition coefficient (Wildman–Crippen LogP) is 23.0. The summed E-state index contributed by atoms with van der Waals surface area (Å²) in [5, 5.41) is 10.6. The van der Waals surface area contributed by atoms with E-state index < -0.39 is 97.5 Å². The molecule has 97 heavy (non-hydrogen) atoms. The number of hydrogen-bond donors (Lipinski definition) is 3. The molecule has 0 spiro atoms. The van der Waals surface area contributed by atoms with Crippen molar-refractivity contribution in [2.24, 2.45) is 17.8 Å². The lowest BCUT2D eigenvalue weighted by atomic mass is 9.99. The number of carbonyl (C=O) groups excluding carboxylic acids is 4. The summed E-state index contributed by atoms with van der Waals surface area (Å²) in [4.78, 5) is 72.8. The van der Waals surface area contributed by atoms with Gasteiger partial charge in [-0.25, -0.2) is 9.13 Å². The Morgan fingerprint density at radius 2 is 0.526 bits per heavy atom. The van der Waals surface area contributed by atoms with Crippen molar-refractivity contribution in [3.8, 4) is 0 Å². The Hall–Kier alpha value is -1.94. The monoisotopic (exact) mass is 1420 g/mol. The van der Waals surface area contributed by atoms with Crippen LogP contribution in [-0.2, 0) is 65.4 Å². The molecule has 0 aromatic heterocycles. The minimum Gasteiger partial charge on any atom is -0.462 e. The molecule has 17 nitrogen and oxygen atoms in total. The van der Waals surface area contributed by atoms with Gasteiger partial charge in [0.15, 0.2) is 12.2 Å². The SMILES string of the molecule is CCCCCCCCCCCC(=O)OC[C@H](COP(=O)(O)OC[C@H](O)COP(=O)(O)OC[C@@H](COC(=O)CCCCCCCCCCCCCC(C)C)OC(=O)CCCCCCCCCCCCCCCCCCCCC(C)CC)OC(=O)CCCCCCCCCCC(C)CC. The number of esters is 4. The zero-order valence-electron chi connectivity index (χ0n) is 63.5. The number of rotatable bonds is 76. The smallest absolute Gasteiger partial charge is 0.462 e. The highest BCUT2D eigenvalue weighted by molar-refractivity contribution is 7.47. The van der Waals surface area contributed by atoms with Crippen molar-refractivity contribution in [2.75, 3.05) is 39.6 Å². The number of hydrogen-bond acceptors (Lipinski definition) is 15. The van der Waals surface area contributed by atoms with Gasteiger partial charge in [0.2, 0.25) is 0 Å². The summed E-state index contributed by atoms with van der Waals surface area (Å²) in [6.45, 7) is 12.0. The highest BCUT2D eigenvalue weighted by Gasteiger charge is 2.30. The van der Waals surface area contributed by atoms with Gasteiger partial charge in [-0.3, -0.25) is 37.3 Å². The highest BCUT2D eigenvalue weighted by atomic mass is 31.2. The first-order valence-corrected chi connectivity index (χ1v) is 43.4. The van der Waals surface area contributed by atoms with E-state index in [0.29, 0.717) is 25.7 Å².